The van der Waals surface area contributed by atoms with E-state index < -0.39 is 0 Å². The van der Waals surface area contributed by atoms with Crippen molar-refractivity contribution in [2.75, 3.05) is 0 Å². The van der Waals surface area contributed by atoms with E-state index in [1.807, 2.05) is 12.1 Å². The first-order chi connectivity index (χ1) is 56.5. The van der Waals surface area contributed by atoms with Crippen LogP contribution in [0.15, 0.2) is 425 Å². The van der Waals surface area contributed by atoms with E-state index in [-0.39, 0.29) is 0 Å². The SMILES string of the molecule is c1ccc(-c2ccc(-c3nc(-c4ccc(-c5ccccc5)cc4)nc(-c4ccc(-c5ccc(-n6c7cccc8ccc9cccc6c9c87)cc5)cc4)n3)cc2)cc1.c1ccc(-c2cccc(-c3cc(-c4ccc(-c5ccc(-n6c7cccc8ccc9cccc6c9c87)cc5)cc4)nc(-c4cccc(-c5ccccc5)c4)c3)c2)cc1. The minimum Gasteiger partial charge on any atom is -0.309 e. The molecular formula is C108H70N6. The van der Waals surface area contributed by atoms with Gasteiger partial charge in [0.25, 0.3) is 0 Å². The van der Waals surface area contributed by atoms with Gasteiger partial charge in [0.2, 0.25) is 0 Å². The van der Waals surface area contributed by atoms with Crippen molar-refractivity contribution >= 4 is 65.2 Å². The van der Waals surface area contributed by atoms with Gasteiger partial charge in [0, 0.05) is 60.7 Å². The largest absolute Gasteiger partial charge is 0.309 e. The lowest BCUT2D eigenvalue weighted by atomic mass is 9.95. The standard InChI is InChI=1S/C55H36N2.C53H34N4/c1-3-11-37(12-4-1)44-17-7-19-46(33-44)48-35-50(56-51(36-48)47-20-8-18-45(34-47)38-13-5-2-6-14-38)41-25-23-39(24-26-41)40-29-31-49(32-30-40)57-52-21-9-15-42-27-28-43-16-10-22-53(57)55(43)54(42)52;1-3-9-35(10-4-1)37-17-25-43(26-18-37)51-54-52(44-27-19-38(20-28-44)36-11-5-2-6-12-36)56-53(55-51)45-29-21-39(22-30-45)40-31-33-46(34-32-40)57-47-15-7-13-41-23-24-42-14-8-16-48(57)50(42)49(41)47/h1-36H;1-34H. The quantitative estimate of drug-likeness (QED) is 0.102. The van der Waals surface area contributed by atoms with Gasteiger partial charge < -0.3 is 9.13 Å². The van der Waals surface area contributed by atoms with Crippen LogP contribution in [0.1, 0.15) is 0 Å². The van der Waals surface area contributed by atoms with E-state index in [4.69, 9.17) is 19.9 Å². The topological polar surface area (TPSA) is 61.4 Å². The maximum atomic E-state index is 5.32. The third kappa shape index (κ3) is 12.5. The lowest BCUT2D eigenvalue weighted by Crippen LogP contribution is -2.00. The molecule has 0 radical (unpaired) electrons. The van der Waals surface area contributed by atoms with Gasteiger partial charge in [0.05, 0.1) is 33.5 Å². The van der Waals surface area contributed by atoms with Crippen molar-refractivity contribution in [1.29, 1.82) is 0 Å². The van der Waals surface area contributed by atoms with Gasteiger partial charge in [-0.15, -0.1) is 0 Å². The molecule has 22 rings (SSSR count). The molecule has 18 aromatic carbocycles. The molecule has 0 aliphatic rings. The molecule has 0 saturated carbocycles. The fraction of sp³-hybridized carbons (Fsp3) is 0. The Balaban J connectivity index is 0.000000143. The first-order valence-corrected chi connectivity index (χ1v) is 38.8. The highest BCUT2D eigenvalue weighted by molar-refractivity contribution is 6.25. The van der Waals surface area contributed by atoms with Gasteiger partial charge >= 0.3 is 0 Å². The monoisotopic (exact) mass is 1450 g/mol. The van der Waals surface area contributed by atoms with Crippen LogP contribution >= 0.6 is 0 Å². The van der Waals surface area contributed by atoms with Crippen molar-refractivity contribution in [1.82, 2.24) is 29.1 Å². The highest BCUT2D eigenvalue weighted by Crippen LogP contribution is 2.43. The van der Waals surface area contributed by atoms with Crippen LogP contribution in [-0.4, -0.2) is 29.1 Å². The number of hydrogen-bond donors (Lipinski definition) is 0. The molecule has 0 N–H and O–H groups in total. The van der Waals surface area contributed by atoms with Crippen LogP contribution in [0.4, 0.5) is 0 Å². The second kappa shape index (κ2) is 28.6. The van der Waals surface area contributed by atoms with Gasteiger partial charge in [-0.05, 0) is 172 Å². The summed E-state index contributed by atoms with van der Waals surface area (Å²) in [6.07, 6.45) is 0. The van der Waals surface area contributed by atoms with Crippen molar-refractivity contribution in [3.8, 4) is 146 Å². The molecule has 0 unspecified atom stereocenters. The highest BCUT2D eigenvalue weighted by atomic mass is 15.0. The van der Waals surface area contributed by atoms with Gasteiger partial charge in [0.15, 0.2) is 17.5 Å². The molecule has 532 valence electrons. The Morgan fingerprint density at radius 2 is 0.368 bits per heavy atom. The van der Waals surface area contributed by atoms with E-state index in [1.54, 1.807) is 0 Å². The van der Waals surface area contributed by atoms with Crippen LogP contribution in [0.3, 0.4) is 0 Å². The molecule has 22 aromatic rings. The van der Waals surface area contributed by atoms with Gasteiger partial charge in [-0.1, -0.05) is 352 Å². The number of hydrogen-bond acceptors (Lipinski definition) is 4. The number of rotatable bonds is 14. The predicted octanol–water partition coefficient (Wildman–Crippen LogP) is 28.3. The summed E-state index contributed by atoms with van der Waals surface area (Å²) in [5, 5.41) is 10.4. The number of nitrogens with zero attached hydrogens (tertiary/aromatic N) is 6. The Bertz CT molecular complexity index is 6900. The normalized spacial score (nSPS) is 11.5. The van der Waals surface area contributed by atoms with Crippen molar-refractivity contribution in [2.45, 2.75) is 0 Å². The van der Waals surface area contributed by atoms with Gasteiger partial charge in [-0.25, -0.2) is 19.9 Å². The van der Waals surface area contributed by atoms with Crippen LogP contribution in [0.2, 0.25) is 0 Å². The van der Waals surface area contributed by atoms with Crippen molar-refractivity contribution < 1.29 is 0 Å². The molecule has 4 aromatic heterocycles. The molecular weight excluding hydrogens is 1380 g/mol. The fourth-order valence-electron chi connectivity index (χ4n) is 16.7. The van der Waals surface area contributed by atoms with E-state index in [1.165, 1.54) is 110 Å². The molecule has 114 heavy (non-hydrogen) atoms. The minimum atomic E-state index is 0.633. The molecule has 0 fully saturated rings. The van der Waals surface area contributed by atoms with Crippen molar-refractivity contribution in [3.05, 3.63) is 425 Å². The Morgan fingerprint density at radius 3 is 0.693 bits per heavy atom. The molecule has 6 heteroatoms. The molecule has 0 spiro atoms. The average molecular weight is 1450 g/mol. The van der Waals surface area contributed by atoms with E-state index >= 15 is 0 Å². The molecule has 4 heterocycles. The summed E-state index contributed by atoms with van der Waals surface area (Å²) in [4.78, 5) is 20.4. The van der Waals surface area contributed by atoms with Crippen LogP contribution in [0, 0.1) is 0 Å². The molecule has 6 nitrogen and oxygen atoms in total. The van der Waals surface area contributed by atoms with Gasteiger partial charge in [-0.3, -0.25) is 0 Å². The van der Waals surface area contributed by atoms with E-state index in [9.17, 15) is 0 Å². The van der Waals surface area contributed by atoms with Crippen LogP contribution in [-0.2, 0) is 0 Å². The molecule has 0 aliphatic heterocycles. The van der Waals surface area contributed by atoms with E-state index in [2.05, 4.69) is 422 Å². The van der Waals surface area contributed by atoms with Crippen molar-refractivity contribution in [3.63, 3.8) is 0 Å². The molecule has 0 saturated heterocycles. The third-order valence-electron chi connectivity index (χ3n) is 22.4. The number of benzene rings is 18. The number of pyridine rings is 1. The zero-order valence-electron chi connectivity index (χ0n) is 62.1. The average Bonchev–Trinajstić information content (AvgIpc) is 1.58. The lowest BCUT2D eigenvalue weighted by molar-refractivity contribution is 1.07. The van der Waals surface area contributed by atoms with Gasteiger partial charge in [-0.2, -0.15) is 0 Å². The first-order valence-electron chi connectivity index (χ1n) is 38.8. The summed E-state index contributed by atoms with van der Waals surface area (Å²) in [6.45, 7) is 0. The zero-order chi connectivity index (χ0) is 75.4. The highest BCUT2D eigenvalue weighted by Gasteiger charge is 2.21. The third-order valence-corrected chi connectivity index (χ3v) is 22.4. The first kappa shape index (κ1) is 66.9. The lowest BCUT2D eigenvalue weighted by Gasteiger charge is -2.13. The minimum absolute atomic E-state index is 0.633. The fourth-order valence-corrected chi connectivity index (χ4v) is 16.7. The second-order valence-corrected chi connectivity index (χ2v) is 29.3. The molecule has 0 aliphatic carbocycles. The van der Waals surface area contributed by atoms with Crippen LogP contribution < -0.4 is 0 Å². The summed E-state index contributed by atoms with van der Waals surface area (Å²) < 4.78 is 4.79. The maximum Gasteiger partial charge on any atom is 0.164 e. The maximum absolute atomic E-state index is 5.32. The summed E-state index contributed by atoms with van der Waals surface area (Å²) in [7, 11) is 0. The zero-order valence-corrected chi connectivity index (χ0v) is 62.1. The van der Waals surface area contributed by atoms with Crippen LogP contribution in [0.5, 0.6) is 0 Å². The smallest absolute Gasteiger partial charge is 0.164 e. The van der Waals surface area contributed by atoms with Crippen molar-refractivity contribution in [2.24, 2.45) is 0 Å². The predicted molar refractivity (Wildman–Crippen MR) is 475 cm³/mol. The summed E-state index contributed by atoms with van der Waals surface area (Å²) in [5.41, 5.74) is 30.4. The van der Waals surface area contributed by atoms with E-state index in [0.717, 1.165) is 84.0 Å². The molecule has 0 bridgehead atoms. The Morgan fingerprint density at radius 1 is 0.140 bits per heavy atom. The van der Waals surface area contributed by atoms with Gasteiger partial charge in [0.1, 0.15) is 0 Å². The summed E-state index contributed by atoms with van der Waals surface area (Å²) in [5.74, 6) is 1.90. The second-order valence-electron chi connectivity index (χ2n) is 29.3. The summed E-state index contributed by atoms with van der Waals surface area (Å²) >= 11 is 0. The Kier molecular flexibility index (Phi) is 16.8. The van der Waals surface area contributed by atoms with Crippen LogP contribution in [0.25, 0.3) is 211 Å². The molecule has 0 atom stereocenters. The Hall–Kier alpha value is -15.2. The van der Waals surface area contributed by atoms with E-state index in [0.29, 0.717) is 17.5 Å². The molecule has 0 amide bonds. The Labute approximate surface area is 660 Å². The summed E-state index contributed by atoms with van der Waals surface area (Å²) in [6, 6.07) is 151. The number of aromatic nitrogens is 6.